The number of hydrogen-bond donors (Lipinski definition) is 1. The van der Waals surface area contributed by atoms with E-state index in [1.165, 1.54) is 0 Å². The van der Waals surface area contributed by atoms with Crippen molar-refractivity contribution in [3.8, 4) is 5.88 Å². The van der Waals surface area contributed by atoms with E-state index in [1.807, 2.05) is 0 Å². The van der Waals surface area contributed by atoms with Crippen molar-refractivity contribution < 1.29 is 31.8 Å². The smallest absolute Gasteiger partial charge is 0.469 e. The van der Waals surface area contributed by atoms with Crippen LogP contribution in [0.2, 0.25) is 0 Å². The van der Waals surface area contributed by atoms with E-state index in [1.54, 1.807) is 0 Å². The fourth-order valence-electron chi connectivity index (χ4n) is 1.25. The minimum absolute atomic E-state index is 0.0421. The Morgan fingerprint density at radius 2 is 2.11 bits per heavy atom. The Labute approximate surface area is 105 Å². The van der Waals surface area contributed by atoms with Gasteiger partial charge in [0.25, 0.3) is 5.88 Å². The summed E-state index contributed by atoms with van der Waals surface area (Å²) in [6, 6.07) is 1.08. The quantitative estimate of drug-likeness (QED) is 0.665. The third kappa shape index (κ3) is 4.36. The minimum atomic E-state index is -5.09. The number of ether oxygens (including phenoxy) is 2. The average molecular weight is 282 g/mol. The van der Waals surface area contributed by atoms with Crippen molar-refractivity contribution in [1.29, 1.82) is 0 Å². The first-order valence-corrected chi connectivity index (χ1v) is 4.97. The van der Waals surface area contributed by atoms with E-state index in [4.69, 9.17) is 5.73 Å². The van der Waals surface area contributed by atoms with Crippen LogP contribution >= 0.6 is 0 Å². The van der Waals surface area contributed by atoms with Gasteiger partial charge < -0.3 is 15.2 Å². The fourth-order valence-corrected chi connectivity index (χ4v) is 1.25. The van der Waals surface area contributed by atoms with Crippen LogP contribution < -0.4 is 10.5 Å². The molecule has 5 nitrogen and oxygen atoms in total. The van der Waals surface area contributed by atoms with Crippen LogP contribution in [0.1, 0.15) is 11.3 Å². The zero-order valence-corrected chi connectivity index (χ0v) is 9.75. The van der Waals surface area contributed by atoms with Gasteiger partial charge in [-0.25, -0.2) is 9.37 Å². The molecule has 0 aromatic carbocycles. The summed E-state index contributed by atoms with van der Waals surface area (Å²) < 4.78 is 57.6. The van der Waals surface area contributed by atoms with Crippen molar-refractivity contribution in [2.24, 2.45) is 5.73 Å². The molecule has 0 radical (unpaired) electrons. The highest BCUT2D eigenvalue weighted by Gasteiger charge is 2.34. The highest BCUT2D eigenvalue weighted by molar-refractivity contribution is 5.72. The number of pyridine rings is 1. The van der Waals surface area contributed by atoms with Crippen LogP contribution in [0.25, 0.3) is 0 Å². The molecule has 1 aromatic heterocycles. The van der Waals surface area contributed by atoms with E-state index in [2.05, 4.69) is 14.5 Å². The molecule has 106 valence electrons. The number of rotatable bonds is 4. The molecule has 0 saturated carbocycles. The van der Waals surface area contributed by atoms with Crippen LogP contribution in [0.5, 0.6) is 5.88 Å². The number of carbonyl (C=O) groups is 1. The number of aromatic nitrogens is 1. The number of methoxy groups -OCH3 is 1. The van der Waals surface area contributed by atoms with E-state index in [-0.39, 0.29) is 17.8 Å². The first kappa shape index (κ1) is 15.2. The molecule has 0 amide bonds. The van der Waals surface area contributed by atoms with E-state index in [0.29, 0.717) is 0 Å². The van der Waals surface area contributed by atoms with Crippen molar-refractivity contribution in [2.45, 2.75) is 19.3 Å². The minimum Gasteiger partial charge on any atom is -0.469 e. The van der Waals surface area contributed by atoms with Gasteiger partial charge in [-0.15, -0.1) is 13.2 Å². The summed E-state index contributed by atoms with van der Waals surface area (Å²) >= 11 is 0. The molecule has 2 N–H and O–H groups in total. The summed E-state index contributed by atoms with van der Waals surface area (Å²) in [5.74, 6) is -3.46. The van der Waals surface area contributed by atoms with Crippen LogP contribution in [0.15, 0.2) is 6.07 Å². The summed E-state index contributed by atoms with van der Waals surface area (Å²) in [5.41, 5.74) is 4.85. The summed E-state index contributed by atoms with van der Waals surface area (Å²) in [7, 11) is 1.07. The Hall–Kier alpha value is -1.90. The molecule has 0 aliphatic rings. The first-order chi connectivity index (χ1) is 8.76. The first-order valence-electron chi connectivity index (χ1n) is 4.97. The third-order valence-electron chi connectivity index (χ3n) is 2.04. The molecule has 0 aliphatic heterocycles. The predicted octanol–water partition coefficient (Wildman–Crippen LogP) is 1.29. The molecular weight excluding hydrogens is 272 g/mol. The molecule has 0 atom stereocenters. The monoisotopic (exact) mass is 282 g/mol. The van der Waals surface area contributed by atoms with Crippen LogP contribution in [0.4, 0.5) is 17.6 Å². The molecule has 0 bridgehead atoms. The normalized spacial score (nSPS) is 11.3. The number of hydrogen-bond acceptors (Lipinski definition) is 5. The Bertz CT molecular complexity index is 477. The lowest BCUT2D eigenvalue weighted by Crippen LogP contribution is -2.20. The molecule has 0 aliphatic carbocycles. The molecule has 1 aromatic rings. The van der Waals surface area contributed by atoms with Crippen LogP contribution in [0, 0.1) is 5.82 Å². The van der Waals surface area contributed by atoms with Gasteiger partial charge in [0.05, 0.1) is 19.2 Å². The lowest BCUT2D eigenvalue weighted by atomic mass is 10.1. The Balaban J connectivity index is 3.17. The van der Waals surface area contributed by atoms with Gasteiger partial charge in [0.15, 0.2) is 5.82 Å². The molecule has 0 spiro atoms. The van der Waals surface area contributed by atoms with Crippen LogP contribution in [0.3, 0.4) is 0 Å². The molecule has 1 heterocycles. The largest absolute Gasteiger partial charge is 0.574 e. The van der Waals surface area contributed by atoms with Gasteiger partial charge >= 0.3 is 12.3 Å². The van der Waals surface area contributed by atoms with Crippen molar-refractivity contribution in [1.82, 2.24) is 4.98 Å². The summed E-state index contributed by atoms with van der Waals surface area (Å²) in [6.45, 7) is -0.233. The predicted molar refractivity (Wildman–Crippen MR) is 54.5 cm³/mol. The Kier molecular flexibility index (Phi) is 4.65. The molecule has 9 heteroatoms. The summed E-state index contributed by atoms with van der Waals surface area (Å²) in [5, 5.41) is 0. The Morgan fingerprint density at radius 1 is 1.47 bits per heavy atom. The van der Waals surface area contributed by atoms with E-state index >= 15 is 0 Å². The SMILES string of the molecule is COC(=O)Cc1cc(CN)nc(OC(F)(F)F)c1F. The van der Waals surface area contributed by atoms with Gasteiger partial charge in [-0.3, -0.25) is 4.79 Å². The highest BCUT2D eigenvalue weighted by Crippen LogP contribution is 2.26. The third-order valence-corrected chi connectivity index (χ3v) is 2.04. The molecule has 0 saturated heterocycles. The number of halogens is 4. The average Bonchev–Trinajstić information content (AvgIpc) is 2.32. The summed E-state index contributed by atoms with van der Waals surface area (Å²) in [6.07, 6.45) is -5.64. The molecule has 1 rings (SSSR count). The number of carbonyl (C=O) groups excluding carboxylic acids is 1. The topological polar surface area (TPSA) is 74.4 Å². The van der Waals surface area contributed by atoms with Crippen LogP contribution in [-0.2, 0) is 22.5 Å². The highest BCUT2D eigenvalue weighted by atomic mass is 19.4. The van der Waals surface area contributed by atoms with Gasteiger partial charge in [-0.05, 0) is 6.07 Å². The fraction of sp³-hybridized carbons (Fsp3) is 0.400. The van der Waals surface area contributed by atoms with Crippen molar-refractivity contribution in [2.75, 3.05) is 7.11 Å². The maximum atomic E-state index is 13.7. The number of alkyl halides is 3. The molecule has 19 heavy (non-hydrogen) atoms. The maximum Gasteiger partial charge on any atom is 0.574 e. The second-order valence-corrected chi connectivity index (χ2v) is 3.40. The molecular formula is C10H10F4N2O3. The van der Waals surface area contributed by atoms with E-state index < -0.39 is 30.4 Å². The second kappa shape index (κ2) is 5.83. The summed E-state index contributed by atoms with van der Waals surface area (Å²) in [4.78, 5) is 14.3. The number of nitrogens with zero attached hydrogens (tertiary/aromatic N) is 1. The van der Waals surface area contributed by atoms with Crippen molar-refractivity contribution >= 4 is 5.97 Å². The molecule has 0 fully saturated rings. The Morgan fingerprint density at radius 3 is 2.58 bits per heavy atom. The van der Waals surface area contributed by atoms with Gasteiger partial charge in [0, 0.05) is 12.1 Å². The van der Waals surface area contributed by atoms with E-state index in [0.717, 1.165) is 13.2 Å². The zero-order chi connectivity index (χ0) is 14.6. The van der Waals surface area contributed by atoms with Crippen molar-refractivity contribution in [3.63, 3.8) is 0 Å². The van der Waals surface area contributed by atoms with Gasteiger partial charge in [-0.1, -0.05) is 0 Å². The zero-order valence-electron chi connectivity index (χ0n) is 9.75. The standard InChI is InChI=1S/C10H10F4N2O3/c1-18-7(17)3-5-2-6(4-15)16-9(8(5)11)19-10(12,13)14/h2H,3-4,15H2,1H3. The van der Waals surface area contributed by atoms with Gasteiger partial charge in [0.2, 0.25) is 0 Å². The van der Waals surface area contributed by atoms with Gasteiger partial charge in [-0.2, -0.15) is 0 Å². The maximum absolute atomic E-state index is 13.7. The van der Waals surface area contributed by atoms with E-state index in [9.17, 15) is 22.4 Å². The van der Waals surface area contributed by atoms with Crippen molar-refractivity contribution in [3.05, 3.63) is 23.1 Å². The van der Waals surface area contributed by atoms with Gasteiger partial charge in [0.1, 0.15) is 0 Å². The second-order valence-electron chi connectivity index (χ2n) is 3.40. The van der Waals surface area contributed by atoms with Crippen LogP contribution in [-0.4, -0.2) is 24.4 Å². The lowest BCUT2D eigenvalue weighted by molar-refractivity contribution is -0.277. The lowest BCUT2D eigenvalue weighted by Gasteiger charge is -2.12. The number of nitrogens with two attached hydrogens (primary N) is 1. The molecule has 0 unspecified atom stereocenters. The number of esters is 1.